The molecule has 148 valence electrons. The van der Waals surface area contributed by atoms with Gasteiger partial charge in [-0.15, -0.1) is 0 Å². The van der Waals surface area contributed by atoms with Crippen LogP contribution < -0.4 is 10.6 Å². The van der Waals surface area contributed by atoms with E-state index in [1.165, 1.54) is 0 Å². The molecule has 0 atom stereocenters. The summed E-state index contributed by atoms with van der Waals surface area (Å²) in [5, 5.41) is 5.82. The Hall–Kier alpha value is -3.41. The van der Waals surface area contributed by atoms with E-state index in [0.717, 1.165) is 36.1 Å². The van der Waals surface area contributed by atoms with Gasteiger partial charge < -0.3 is 15.2 Å². The van der Waals surface area contributed by atoms with Gasteiger partial charge in [0.1, 0.15) is 5.69 Å². The van der Waals surface area contributed by atoms with Gasteiger partial charge in [0.2, 0.25) is 0 Å². The molecule has 2 aromatic carbocycles. The monoisotopic (exact) mass is 388 g/mol. The summed E-state index contributed by atoms with van der Waals surface area (Å²) < 4.78 is 1.89. The van der Waals surface area contributed by atoms with E-state index < -0.39 is 0 Å². The Morgan fingerprint density at radius 1 is 1.00 bits per heavy atom. The van der Waals surface area contributed by atoms with Crippen molar-refractivity contribution in [2.75, 3.05) is 5.32 Å². The van der Waals surface area contributed by atoms with E-state index in [1.54, 1.807) is 0 Å². The third-order valence-corrected chi connectivity index (χ3v) is 5.14. The molecule has 2 amide bonds. The highest BCUT2D eigenvalue weighted by Crippen LogP contribution is 2.22. The Bertz CT molecular complexity index is 1020. The molecule has 2 heterocycles. The maximum Gasteiger partial charge on any atom is 0.291 e. The summed E-state index contributed by atoms with van der Waals surface area (Å²) in [6, 6.07) is 17.4. The minimum Gasteiger partial charge on any atom is -0.347 e. The van der Waals surface area contributed by atoms with E-state index in [0.29, 0.717) is 30.3 Å². The number of amides is 2. The van der Waals surface area contributed by atoms with Crippen molar-refractivity contribution in [3.8, 4) is 0 Å². The highest BCUT2D eigenvalue weighted by atomic mass is 16.2. The van der Waals surface area contributed by atoms with Crippen LogP contribution in [0.5, 0.6) is 0 Å². The second kappa shape index (κ2) is 8.31. The molecule has 0 spiro atoms. The first-order valence-electron chi connectivity index (χ1n) is 9.91. The average Bonchev–Trinajstić information content (AvgIpc) is 3.14. The third-order valence-electron chi connectivity index (χ3n) is 5.14. The van der Waals surface area contributed by atoms with Crippen LogP contribution in [0.4, 0.5) is 5.69 Å². The van der Waals surface area contributed by atoms with Crippen LogP contribution in [0.1, 0.15) is 50.8 Å². The number of carbonyl (C=O) groups is 2. The van der Waals surface area contributed by atoms with E-state index in [1.807, 2.05) is 66.1 Å². The van der Waals surface area contributed by atoms with Gasteiger partial charge in [-0.25, -0.2) is 4.98 Å². The van der Waals surface area contributed by atoms with Crippen molar-refractivity contribution in [3.63, 3.8) is 0 Å². The van der Waals surface area contributed by atoms with Crippen molar-refractivity contribution in [2.45, 2.75) is 39.3 Å². The molecule has 1 aliphatic rings. The molecule has 4 rings (SSSR count). The van der Waals surface area contributed by atoms with E-state index in [-0.39, 0.29) is 11.8 Å². The second-order valence-corrected chi connectivity index (χ2v) is 7.33. The van der Waals surface area contributed by atoms with Crippen LogP contribution in [0.15, 0.2) is 54.6 Å². The first kappa shape index (κ1) is 18.9. The van der Waals surface area contributed by atoms with E-state index in [2.05, 4.69) is 15.6 Å². The molecule has 0 bridgehead atoms. The lowest BCUT2D eigenvalue weighted by Gasteiger charge is -2.17. The number of aromatic nitrogens is 2. The predicted molar refractivity (Wildman–Crippen MR) is 112 cm³/mol. The topological polar surface area (TPSA) is 76.0 Å². The van der Waals surface area contributed by atoms with Crippen molar-refractivity contribution in [1.82, 2.24) is 14.9 Å². The van der Waals surface area contributed by atoms with Gasteiger partial charge in [0.05, 0.1) is 5.69 Å². The summed E-state index contributed by atoms with van der Waals surface area (Å²) in [5.74, 6) is -0.238. The van der Waals surface area contributed by atoms with Crippen molar-refractivity contribution < 1.29 is 9.59 Å². The molecule has 1 aliphatic heterocycles. The number of nitrogens with one attached hydrogen (secondary N) is 2. The summed E-state index contributed by atoms with van der Waals surface area (Å²) in [4.78, 5) is 30.1. The van der Waals surface area contributed by atoms with Gasteiger partial charge in [-0.2, -0.15) is 0 Å². The molecular weight excluding hydrogens is 364 g/mol. The number of hydrogen-bond donors (Lipinski definition) is 2. The van der Waals surface area contributed by atoms with Gasteiger partial charge in [0.15, 0.2) is 5.82 Å². The Balaban J connectivity index is 1.55. The fraction of sp³-hybridized carbons (Fsp3) is 0.261. The van der Waals surface area contributed by atoms with Gasteiger partial charge in [0.25, 0.3) is 11.8 Å². The van der Waals surface area contributed by atoms with Crippen molar-refractivity contribution in [3.05, 3.63) is 82.9 Å². The van der Waals surface area contributed by atoms with E-state index in [4.69, 9.17) is 0 Å². The van der Waals surface area contributed by atoms with Crippen LogP contribution in [0, 0.1) is 6.92 Å². The lowest BCUT2D eigenvalue weighted by molar-refractivity contribution is 0.0945. The number of aryl methyl sites for hydroxylation is 1. The van der Waals surface area contributed by atoms with Crippen LogP contribution in [0.25, 0.3) is 0 Å². The SMILES string of the molecule is Cc1ccc(NC(=O)c2nc(C(=O)NCc3ccccc3)c3n2CCCC3)cc1. The second-order valence-electron chi connectivity index (χ2n) is 7.33. The first-order chi connectivity index (χ1) is 14.1. The number of imidazole rings is 1. The minimum absolute atomic E-state index is 0.242. The molecule has 0 saturated heterocycles. The minimum atomic E-state index is -0.292. The molecule has 6 heteroatoms. The summed E-state index contributed by atoms with van der Waals surface area (Å²) >= 11 is 0. The highest BCUT2D eigenvalue weighted by Gasteiger charge is 2.27. The number of anilines is 1. The zero-order valence-electron chi connectivity index (χ0n) is 16.4. The normalized spacial score (nSPS) is 12.9. The zero-order chi connectivity index (χ0) is 20.2. The fourth-order valence-corrected chi connectivity index (χ4v) is 3.58. The molecule has 2 N–H and O–H groups in total. The third kappa shape index (κ3) is 4.21. The molecule has 0 aliphatic carbocycles. The average molecular weight is 388 g/mol. The molecule has 0 radical (unpaired) electrons. The van der Waals surface area contributed by atoms with Gasteiger partial charge >= 0.3 is 0 Å². The Morgan fingerprint density at radius 2 is 1.76 bits per heavy atom. The Morgan fingerprint density at radius 3 is 2.52 bits per heavy atom. The Kier molecular flexibility index (Phi) is 5.42. The predicted octanol–water partition coefficient (Wildman–Crippen LogP) is 3.71. The van der Waals surface area contributed by atoms with Crippen LogP contribution in [-0.2, 0) is 19.5 Å². The van der Waals surface area contributed by atoms with Crippen molar-refractivity contribution >= 4 is 17.5 Å². The lowest BCUT2D eigenvalue weighted by atomic mass is 10.1. The molecule has 29 heavy (non-hydrogen) atoms. The number of carbonyl (C=O) groups excluding carboxylic acids is 2. The maximum atomic E-state index is 12.9. The molecule has 1 aromatic heterocycles. The highest BCUT2D eigenvalue weighted by molar-refractivity contribution is 6.03. The summed E-state index contributed by atoms with van der Waals surface area (Å²) in [6.07, 6.45) is 2.71. The smallest absolute Gasteiger partial charge is 0.291 e. The summed E-state index contributed by atoms with van der Waals surface area (Å²) in [7, 11) is 0. The first-order valence-corrected chi connectivity index (χ1v) is 9.91. The van der Waals surface area contributed by atoms with Crippen LogP contribution in [0.2, 0.25) is 0 Å². The van der Waals surface area contributed by atoms with Gasteiger partial charge in [-0.1, -0.05) is 48.0 Å². The van der Waals surface area contributed by atoms with Crippen molar-refractivity contribution in [1.29, 1.82) is 0 Å². The number of hydrogen-bond acceptors (Lipinski definition) is 3. The van der Waals surface area contributed by atoms with E-state index >= 15 is 0 Å². The molecule has 0 fully saturated rings. The van der Waals surface area contributed by atoms with Crippen molar-refractivity contribution in [2.24, 2.45) is 0 Å². The quantitative estimate of drug-likeness (QED) is 0.700. The van der Waals surface area contributed by atoms with Gasteiger partial charge in [0, 0.05) is 18.8 Å². The fourth-order valence-electron chi connectivity index (χ4n) is 3.58. The van der Waals surface area contributed by atoms with E-state index in [9.17, 15) is 9.59 Å². The van der Waals surface area contributed by atoms with Crippen LogP contribution in [-0.4, -0.2) is 21.4 Å². The molecular formula is C23H24N4O2. The largest absolute Gasteiger partial charge is 0.347 e. The van der Waals surface area contributed by atoms with Crippen LogP contribution in [0.3, 0.4) is 0 Å². The number of benzene rings is 2. The van der Waals surface area contributed by atoms with Crippen LogP contribution >= 0.6 is 0 Å². The van der Waals surface area contributed by atoms with Gasteiger partial charge in [-0.05, 0) is 43.9 Å². The number of rotatable bonds is 5. The maximum absolute atomic E-state index is 12.9. The summed E-state index contributed by atoms with van der Waals surface area (Å²) in [6.45, 7) is 3.12. The summed E-state index contributed by atoms with van der Waals surface area (Å²) in [5.41, 5.74) is 4.05. The Labute approximate surface area is 170 Å². The molecule has 6 nitrogen and oxygen atoms in total. The zero-order valence-corrected chi connectivity index (χ0v) is 16.4. The molecule has 0 saturated carbocycles. The number of fused-ring (bicyclic) bond motifs is 1. The molecule has 0 unspecified atom stereocenters. The number of nitrogens with zero attached hydrogens (tertiary/aromatic N) is 2. The molecule has 3 aromatic rings. The lowest BCUT2D eigenvalue weighted by Crippen LogP contribution is -2.25. The standard InChI is InChI=1S/C23H24N4O2/c1-16-10-12-18(13-11-16)25-23(29)21-26-20(19-9-5-6-14-27(19)21)22(28)24-15-17-7-3-2-4-8-17/h2-4,7-8,10-13H,5-6,9,14-15H2,1H3,(H,24,28)(H,25,29). The van der Waals surface area contributed by atoms with Gasteiger partial charge in [-0.3, -0.25) is 9.59 Å².